The van der Waals surface area contributed by atoms with Gasteiger partial charge in [0.15, 0.2) is 0 Å². The summed E-state index contributed by atoms with van der Waals surface area (Å²) in [5, 5.41) is 2.74. The fraction of sp³-hybridized carbons (Fsp3) is 0.346. The summed E-state index contributed by atoms with van der Waals surface area (Å²) < 4.78 is 22.7. The maximum absolute atomic E-state index is 13.6. The number of amides is 1. The molecule has 0 N–H and O–H groups in total. The summed E-state index contributed by atoms with van der Waals surface area (Å²) in [5.41, 5.74) is 3.22. The van der Waals surface area contributed by atoms with Crippen LogP contribution in [0.15, 0.2) is 60.7 Å². The van der Waals surface area contributed by atoms with Gasteiger partial charge in [0.2, 0.25) is 5.60 Å². The number of carbonyl (C=O) groups is 1. The number of piperidine rings is 1. The number of hydrogen-bond donors (Lipinski definition) is 0. The van der Waals surface area contributed by atoms with E-state index in [1.54, 1.807) is 0 Å². The van der Waals surface area contributed by atoms with Crippen LogP contribution in [0.1, 0.15) is 35.6 Å². The Morgan fingerprint density at radius 3 is 2.55 bits per heavy atom. The average molecular weight is 461 g/mol. The Balaban J connectivity index is 1.15. The van der Waals surface area contributed by atoms with Gasteiger partial charge in [-0.2, -0.15) is 4.21 Å². The highest BCUT2D eigenvalue weighted by Crippen LogP contribution is 2.48. The van der Waals surface area contributed by atoms with Gasteiger partial charge in [-0.3, -0.25) is 13.9 Å². The zero-order valence-corrected chi connectivity index (χ0v) is 18.9. The number of carbonyl (C=O) groups excluding carboxylic acids is 1. The topological polar surface area (TPSA) is 59.1 Å². The molecular formula is C26H24N2O4S. The molecule has 0 aromatic heterocycles. The van der Waals surface area contributed by atoms with Gasteiger partial charge in [-0.15, -0.1) is 0 Å². The molecule has 0 radical (unpaired) electrons. The number of rotatable bonds is 2. The summed E-state index contributed by atoms with van der Waals surface area (Å²) in [7, 11) is 0. The monoisotopic (exact) mass is 460 g/mol. The Morgan fingerprint density at radius 2 is 1.76 bits per heavy atom. The minimum absolute atomic E-state index is 0.00482. The molecule has 2 fully saturated rings. The SMILES string of the molecule is O=C1N(C2CCN(C3Cc4cccc5cccc3c45)CC2)c2ccccc2C12COS(=O)O2. The molecule has 1 amide bonds. The summed E-state index contributed by atoms with van der Waals surface area (Å²) in [6, 6.07) is 21.4. The lowest BCUT2D eigenvalue weighted by atomic mass is 9.96. The third-order valence-electron chi connectivity index (χ3n) is 7.83. The van der Waals surface area contributed by atoms with Crippen molar-refractivity contribution in [1.29, 1.82) is 0 Å². The predicted molar refractivity (Wildman–Crippen MR) is 126 cm³/mol. The number of nitrogens with zero attached hydrogens (tertiary/aromatic N) is 2. The minimum atomic E-state index is -1.90. The van der Waals surface area contributed by atoms with Crippen LogP contribution in [-0.4, -0.2) is 40.8 Å². The second-order valence-electron chi connectivity index (χ2n) is 9.42. The van der Waals surface area contributed by atoms with Crippen LogP contribution < -0.4 is 4.90 Å². The molecule has 6 nitrogen and oxygen atoms in total. The van der Waals surface area contributed by atoms with Crippen LogP contribution in [-0.2, 0) is 36.5 Å². The maximum Gasteiger partial charge on any atom is 0.306 e. The highest BCUT2D eigenvalue weighted by molar-refractivity contribution is 7.75. The number of likely N-dealkylation sites (tertiary alicyclic amines) is 1. The Morgan fingerprint density at radius 1 is 0.970 bits per heavy atom. The average Bonchev–Trinajstić information content (AvgIpc) is 3.49. The van der Waals surface area contributed by atoms with Crippen LogP contribution in [0, 0.1) is 0 Å². The van der Waals surface area contributed by atoms with Crippen LogP contribution in [0.5, 0.6) is 0 Å². The minimum Gasteiger partial charge on any atom is -0.306 e. The Kier molecular flexibility index (Phi) is 4.34. The summed E-state index contributed by atoms with van der Waals surface area (Å²) in [4.78, 5) is 18.1. The molecule has 0 bridgehead atoms. The molecular weight excluding hydrogens is 436 g/mol. The summed E-state index contributed by atoms with van der Waals surface area (Å²) in [5.74, 6) is -0.147. The number of para-hydroxylation sites is 1. The summed E-state index contributed by atoms with van der Waals surface area (Å²) >= 11 is -1.90. The van der Waals surface area contributed by atoms with Crippen molar-refractivity contribution in [3.8, 4) is 0 Å². The first-order valence-electron chi connectivity index (χ1n) is 11.6. The van der Waals surface area contributed by atoms with Crippen LogP contribution in [0.4, 0.5) is 5.69 Å². The lowest BCUT2D eigenvalue weighted by Gasteiger charge is -2.40. The molecule has 168 valence electrons. The van der Waals surface area contributed by atoms with E-state index in [-0.39, 0.29) is 18.6 Å². The van der Waals surface area contributed by atoms with Crippen LogP contribution >= 0.6 is 0 Å². The second kappa shape index (κ2) is 7.21. The van der Waals surface area contributed by atoms with Gasteiger partial charge in [-0.05, 0) is 47.2 Å². The largest absolute Gasteiger partial charge is 0.306 e. The van der Waals surface area contributed by atoms with Crippen molar-refractivity contribution in [2.75, 3.05) is 24.6 Å². The van der Waals surface area contributed by atoms with Gasteiger partial charge in [0.05, 0.1) is 5.69 Å². The Hall–Kier alpha value is -2.58. The first-order chi connectivity index (χ1) is 16.2. The van der Waals surface area contributed by atoms with Gasteiger partial charge >= 0.3 is 11.4 Å². The molecule has 2 saturated heterocycles. The summed E-state index contributed by atoms with van der Waals surface area (Å²) in [6.07, 6.45) is 2.83. The molecule has 3 unspecified atom stereocenters. The van der Waals surface area contributed by atoms with Crippen molar-refractivity contribution in [1.82, 2.24) is 4.90 Å². The number of benzene rings is 3. The highest BCUT2D eigenvalue weighted by Gasteiger charge is 2.59. The Bertz CT molecular complexity index is 1310. The fourth-order valence-electron chi connectivity index (χ4n) is 6.32. The van der Waals surface area contributed by atoms with Crippen molar-refractivity contribution in [2.24, 2.45) is 0 Å². The van der Waals surface area contributed by atoms with Gasteiger partial charge in [-0.1, -0.05) is 54.6 Å². The van der Waals surface area contributed by atoms with Crippen LogP contribution in [0.2, 0.25) is 0 Å². The molecule has 3 atom stereocenters. The first-order valence-corrected chi connectivity index (χ1v) is 12.6. The maximum atomic E-state index is 13.6. The number of anilines is 1. The molecule has 3 aromatic rings. The summed E-state index contributed by atoms with van der Waals surface area (Å²) in [6.45, 7) is 1.86. The van der Waals surface area contributed by atoms with E-state index in [1.807, 2.05) is 29.2 Å². The van der Waals surface area contributed by atoms with E-state index in [0.29, 0.717) is 6.04 Å². The molecule has 7 rings (SSSR count). The normalized spacial score (nSPS) is 29.5. The zero-order valence-electron chi connectivity index (χ0n) is 18.1. The standard InChI is InChI=1S/C26H24N2O4S/c29-25-26(16-31-33(30)32-26)21-9-1-2-10-22(21)28(25)19-11-13-27(14-12-19)23-15-18-7-3-5-17-6-4-8-20(23)24(17)18/h1-10,19,23H,11-16H2. The van der Waals surface area contributed by atoms with Crippen LogP contribution in [0.3, 0.4) is 0 Å². The molecule has 3 aliphatic heterocycles. The van der Waals surface area contributed by atoms with Crippen molar-refractivity contribution in [2.45, 2.75) is 36.9 Å². The van der Waals surface area contributed by atoms with Crippen molar-refractivity contribution in [3.05, 3.63) is 77.4 Å². The molecule has 3 heterocycles. The molecule has 0 saturated carbocycles. The van der Waals surface area contributed by atoms with Gasteiger partial charge in [0.1, 0.15) is 6.61 Å². The zero-order chi connectivity index (χ0) is 22.2. The lowest BCUT2D eigenvalue weighted by Crippen LogP contribution is -2.51. The van der Waals surface area contributed by atoms with E-state index >= 15 is 0 Å². The third-order valence-corrected chi connectivity index (χ3v) is 8.56. The first kappa shape index (κ1) is 19.9. The van der Waals surface area contributed by atoms with Gasteiger partial charge in [0, 0.05) is 30.7 Å². The predicted octanol–water partition coefficient (Wildman–Crippen LogP) is 3.77. The van der Waals surface area contributed by atoms with Crippen molar-refractivity contribution < 1.29 is 17.4 Å². The molecule has 3 aromatic carbocycles. The lowest BCUT2D eigenvalue weighted by molar-refractivity contribution is -0.132. The van der Waals surface area contributed by atoms with E-state index in [1.165, 1.54) is 21.9 Å². The fourth-order valence-corrected chi connectivity index (χ4v) is 7.07. The molecule has 1 spiro atoms. The molecule has 4 aliphatic rings. The van der Waals surface area contributed by atoms with Gasteiger partial charge in [0.25, 0.3) is 5.91 Å². The van der Waals surface area contributed by atoms with E-state index in [4.69, 9.17) is 8.37 Å². The molecule has 33 heavy (non-hydrogen) atoms. The molecule has 1 aliphatic carbocycles. The van der Waals surface area contributed by atoms with Gasteiger partial charge in [-0.25, -0.2) is 4.18 Å². The van der Waals surface area contributed by atoms with E-state index in [2.05, 4.69) is 41.3 Å². The smallest absolute Gasteiger partial charge is 0.306 e. The van der Waals surface area contributed by atoms with E-state index in [9.17, 15) is 9.00 Å². The quantitative estimate of drug-likeness (QED) is 0.583. The third kappa shape index (κ3) is 2.77. The van der Waals surface area contributed by atoms with Crippen LogP contribution in [0.25, 0.3) is 10.8 Å². The number of hydrogen-bond acceptors (Lipinski definition) is 5. The van der Waals surface area contributed by atoms with Gasteiger partial charge < -0.3 is 4.90 Å². The van der Waals surface area contributed by atoms with Crippen molar-refractivity contribution >= 4 is 33.7 Å². The second-order valence-corrected chi connectivity index (χ2v) is 10.2. The number of fused-ring (bicyclic) bond motifs is 2. The van der Waals surface area contributed by atoms with E-state index in [0.717, 1.165) is 43.6 Å². The Labute approximate surface area is 194 Å². The molecule has 7 heteroatoms. The van der Waals surface area contributed by atoms with Crippen molar-refractivity contribution in [3.63, 3.8) is 0 Å². The van der Waals surface area contributed by atoms with E-state index < -0.39 is 17.0 Å². The highest BCUT2D eigenvalue weighted by atomic mass is 32.2.